The molecular formula is C16H14BrFO2. The van der Waals surface area contributed by atoms with Gasteiger partial charge in [-0.2, -0.15) is 0 Å². The lowest BCUT2D eigenvalue weighted by Gasteiger charge is -2.13. The lowest BCUT2D eigenvalue weighted by molar-refractivity contribution is 0.357. The first kappa shape index (κ1) is 13.4. The molecule has 0 aliphatic carbocycles. The maximum atomic E-state index is 13.5. The molecule has 0 N–H and O–H groups in total. The second-order valence-corrected chi connectivity index (χ2v) is 5.64. The maximum Gasteiger partial charge on any atom is 0.165 e. The highest BCUT2D eigenvalue weighted by atomic mass is 79.9. The molecule has 1 heterocycles. The van der Waals surface area contributed by atoms with Gasteiger partial charge in [0.1, 0.15) is 5.75 Å². The van der Waals surface area contributed by atoms with E-state index in [-0.39, 0.29) is 16.4 Å². The minimum Gasteiger partial charge on any atom is -0.494 e. The van der Waals surface area contributed by atoms with Crippen LogP contribution in [-0.4, -0.2) is 13.7 Å². The van der Waals surface area contributed by atoms with E-state index in [9.17, 15) is 4.39 Å². The molecule has 1 aliphatic heterocycles. The van der Waals surface area contributed by atoms with Gasteiger partial charge in [0.15, 0.2) is 11.6 Å². The largest absolute Gasteiger partial charge is 0.494 e. The number of benzene rings is 2. The number of methoxy groups -OCH3 is 1. The first-order valence-corrected chi connectivity index (χ1v) is 7.34. The maximum absolute atomic E-state index is 13.5. The molecule has 2 aromatic carbocycles. The summed E-state index contributed by atoms with van der Waals surface area (Å²) in [4.78, 5) is 0.00269. The summed E-state index contributed by atoms with van der Waals surface area (Å²) in [7, 11) is 1.47. The van der Waals surface area contributed by atoms with Gasteiger partial charge in [0.25, 0.3) is 0 Å². The Labute approximate surface area is 125 Å². The van der Waals surface area contributed by atoms with Crippen molar-refractivity contribution >= 4 is 15.9 Å². The molecule has 0 aromatic heterocycles. The van der Waals surface area contributed by atoms with Gasteiger partial charge in [0.05, 0.1) is 18.5 Å². The highest BCUT2D eigenvalue weighted by molar-refractivity contribution is 9.09. The smallest absolute Gasteiger partial charge is 0.165 e. The summed E-state index contributed by atoms with van der Waals surface area (Å²) in [6.45, 7) is 0.746. The van der Waals surface area contributed by atoms with Crippen LogP contribution in [0.25, 0.3) is 0 Å². The molecular weight excluding hydrogens is 323 g/mol. The van der Waals surface area contributed by atoms with Crippen LogP contribution >= 0.6 is 15.9 Å². The summed E-state index contributed by atoms with van der Waals surface area (Å²) < 4.78 is 24.0. The third-order valence-corrected chi connectivity index (χ3v) is 4.53. The summed E-state index contributed by atoms with van der Waals surface area (Å²) >= 11 is 3.67. The van der Waals surface area contributed by atoms with Gasteiger partial charge in [0, 0.05) is 6.42 Å². The van der Waals surface area contributed by atoms with E-state index >= 15 is 0 Å². The fourth-order valence-corrected chi connectivity index (χ4v) is 2.96. The molecule has 0 radical (unpaired) electrons. The van der Waals surface area contributed by atoms with Crippen LogP contribution < -0.4 is 9.47 Å². The number of ether oxygens (including phenoxy) is 2. The normalized spacial score (nSPS) is 14.6. The highest BCUT2D eigenvalue weighted by Gasteiger charge is 2.17. The van der Waals surface area contributed by atoms with Gasteiger partial charge in [-0.15, -0.1) is 0 Å². The first-order valence-electron chi connectivity index (χ1n) is 6.42. The standard InChI is InChI=1S/C16H14BrFO2/c1-19-15-9-12(2-4-13(15)18)16(17)11-3-5-14-10(8-11)6-7-20-14/h2-5,8-9,16H,6-7H2,1H3. The average molecular weight is 337 g/mol. The minimum absolute atomic E-state index is 0.00269. The molecule has 1 atom stereocenters. The monoisotopic (exact) mass is 336 g/mol. The summed E-state index contributed by atoms with van der Waals surface area (Å²) in [6, 6.07) is 11.1. The Morgan fingerprint density at radius 3 is 2.75 bits per heavy atom. The van der Waals surface area contributed by atoms with Gasteiger partial charge >= 0.3 is 0 Å². The van der Waals surface area contributed by atoms with Crippen molar-refractivity contribution in [1.29, 1.82) is 0 Å². The number of rotatable bonds is 3. The molecule has 0 amide bonds. The van der Waals surface area contributed by atoms with E-state index in [0.717, 1.165) is 29.9 Å². The van der Waals surface area contributed by atoms with Crippen LogP contribution in [-0.2, 0) is 6.42 Å². The van der Waals surface area contributed by atoms with E-state index in [0.29, 0.717) is 0 Å². The van der Waals surface area contributed by atoms with Crippen LogP contribution in [0, 0.1) is 5.82 Å². The number of alkyl halides is 1. The molecule has 0 bridgehead atoms. The molecule has 0 spiro atoms. The summed E-state index contributed by atoms with van der Waals surface area (Å²) in [6.07, 6.45) is 0.940. The number of hydrogen-bond acceptors (Lipinski definition) is 2. The Morgan fingerprint density at radius 2 is 1.95 bits per heavy atom. The molecule has 104 valence electrons. The van der Waals surface area contributed by atoms with E-state index < -0.39 is 0 Å². The topological polar surface area (TPSA) is 18.5 Å². The molecule has 0 fully saturated rings. The van der Waals surface area contributed by atoms with Crippen molar-refractivity contribution in [1.82, 2.24) is 0 Å². The Bertz CT molecular complexity index is 631. The number of halogens is 2. The van der Waals surface area contributed by atoms with Gasteiger partial charge in [-0.3, -0.25) is 0 Å². The Kier molecular flexibility index (Phi) is 3.66. The van der Waals surface area contributed by atoms with Crippen molar-refractivity contribution in [2.45, 2.75) is 11.2 Å². The van der Waals surface area contributed by atoms with Gasteiger partial charge in [0.2, 0.25) is 0 Å². The van der Waals surface area contributed by atoms with Crippen molar-refractivity contribution in [3.63, 3.8) is 0 Å². The van der Waals surface area contributed by atoms with Crippen LogP contribution in [0.5, 0.6) is 11.5 Å². The van der Waals surface area contributed by atoms with Crippen molar-refractivity contribution in [3.8, 4) is 11.5 Å². The van der Waals surface area contributed by atoms with Crippen molar-refractivity contribution in [3.05, 3.63) is 58.9 Å². The molecule has 3 rings (SSSR count). The molecule has 1 aliphatic rings. The summed E-state index contributed by atoms with van der Waals surface area (Å²) in [5, 5.41) is 0. The quantitative estimate of drug-likeness (QED) is 0.780. The van der Waals surface area contributed by atoms with E-state index in [4.69, 9.17) is 9.47 Å². The van der Waals surface area contributed by atoms with Gasteiger partial charge in [-0.05, 0) is 34.9 Å². The Hall–Kier alpha value is -1.55. The molecule has 0 saturated heterocycles. The lowest BCUT2D eigenvalue weighted by atomic mass is 10.0. The van der Waals surface area contributed by atoms with Gasteiger partial charge < -0.3 is 9.47 Å². The van der Waals surface area contributed by atoms with Crippen LogP contribution in [0.3, 0.4) is 0 Å². The van der Waals surface area contributed by atoms with Crippen molar-refractivity contribution in [2.24, 2.45) is 0 Å². The fraction of sp³-hybridized carbons (Fsp3) is 0.250. The van der Waals surface area contributed by atoms with Gasteiger partial charge in [-0.1, -0.05) is 34.1 Å². The fourth-order valence-electron chi connectivity index (χ4n) is 2.39. The Morgan fingerprint density at radius 1 is 1.20 bits per heavy atom. The predicted molar refractivity (Wildman–Crippen MR) is 79.4 cm³/mol. The van der Waals surface area contributed by atoms with Crippen LogP contribution in [0.2, 0.25) is 0 Å². The van der Waals surface area contributed by atoms with E-state index in [2.05, 4.69) is 22.0 Å². The molecule has 2 aromatic rings. The SMILES string of the molecule is COc1cc(C(Br)c2ccc3c(c2)CCO3)ccc1F. The zero-order valence-corrected chi connectivity index (χ0v) is 12.6. The third-order valence-electron chi connectivity index (χ3n) is 3.47. The van der Waals surface area contributed by atoms with Gasteiger partial charge in [-0.25, -0.2) is 4.39 Å². The third kappa shape index (κ3) is 2.40. The number of fused-ring (bicyclic) bond motifs is 1. The second-order valence-electron chi connectivity index (χ2n) is 4.72. The van der Waals surface area contributed by atoms with Crippen LogP contribution in [0.4, 0.5) is 4.39 Å². The minimum atomic E-state index is -0.349. The van der Waals surface area contributed by atoms with Crippen LogP contribution in [0.15, 0.2) is 36.4 Å². The van der Waals surface area contributed by atoms with Crippen molar-refractivity contribution < 1.29 is 13.9 Å². The van der Waals surface area contributed by atoms with E-state index in [1.807, 2.05) is 12.1 Å². The second kappa shape index (κ2) is 5.44. The Balaban J connectivity index is 1.94. The van der Waals surface area contributed by atoms with Crippen LogP contribution in [0.1, 0.15) is 21.5 Å². The summed E-state index contributed by atoms with van der Waals surface area (Å²) in [5.41, 5.74) is 3.31. The van der Waals surface area contributed by atoms with E-state index in [1.165, 1.54) is 18.7 Å². The lowest BCUT2D eigenvalue weighted by Crippen LogP contribution is -1.96. The van der Waals surface area contributed by atoms with Crippen molar-refractivity contribution in [2.75, 3.05) is 13.7 Å². The number of hydrogen-bond donors (Lipinski definition) is 0. The molecule has 4 heteroatoms. The summed E-state index contributed by atoms with van der Waals surface area (Å²) in [5.74, 6) is 0.875. The zero-order chi connectivity index (χ0) is 14.1. The molecule has 2 nitrogen and oxygen atoms in total. The predicted octanol–water partition coefficient (Wildman–Crippen LogP) is 4.25. The highest BCUT2D eigenvalue weighted by Crippen LogP contribution is 2.36. The zero-order valence-electron chi connectivity index (χ0n) is 11.0. The molecule has 20 heavy (non-hydrogen) atoms. The average Bonchev–Trinajstić information content (AvgIpc) is 2.94. The molecule has 1 unspecified atom stereocenters. The van der Waals surface area contributed by atoms with E-state index in [1.54, 1.807) is 12.1 Å². The molecule has 0 saturated carbocycles. The first-order chi connectivity index (χ1) is 9.69.